The molecule has 3 aromatic rings. The molecule has 0 bridgehead atoms. The molecule has 1 amide bonds. The number of amides is 1. The molecule has 1 aliphatic heterocycles. The molecule has 2 aromatic carbocycles. The third-order valence-electron chi connectivity index (χ3n) is 3.87. The Kier molecular flexibility index (Phi) is 4.61. The fourth-order valence-electron chi connectivity index (χ4n) is 2.59. The van der Waals surface area contributed by atoms with Crippen LogP contribution < -0.4 is 19.5 Å². The number of nitrogens with zero attached hydrogens (tertiary/aromatic N) is 2. The van der Waals surface area contributed by atoms with Crippen molar-refractivity contribution in [1.82, 2.24) is 10.2 Å². The van der Waals surface area contributed by atoms with E-state index in [1.165, 1.54) is 0 Å². The normalized spacial score (nSPS) is 15.2. The standard InChI is InChI=1S/C19H17N3O5/c1-2-24-13-9-7-12(8-10-13)17(23)20-19-22-21-18(27-19)16-11-25-14-5-3-4-6-15(14)26-16/h3-10,16H,2,11H2,1H3,(H,20,22,23). The van der Waals surface area contributed by atoms with E-state index in [4.69, 9.17) is 18.6 Å². The van der Waals surface area contributed by atoms with Crippen molar-refractivity contribution in [2.24, 2.45) is 0 Å². The Balaban J connectivity index is 1.41. The summed E-state index contributed by atoms with van der Waals surface area (Å²) in [5.41, 5.74) is 0.449. The van der Waals surface area contributed by atoms with Gasteiger partial charge < -0.3 is 18.6 Å². The second-order valence-corrected chi connectivity index (χ2v) is 5.72. The third-order valence-corrected chi connectivity index (χ3v) is 3.87. The number of nitrogens with one attached hydrogen (secondary N) is 1. The van der Waals surface area contributed by atoms with E-state index in [9.17, 15) is 4.79 Å². The first-order valence-corrected chi connectivity index (χ1v) is 8.49. The number of hydrogen-bond donors (Lipinski definition) is 1. The SMILES string of the molecule is CCOc1ccc(C(=O)Nc2nnc(C3COc4ccccc4O3)o2)cc1. The number of rotatable bonds is 5. The highest BCUT2D eigenvalue weighted by atomic mass is 16.6. The van der Waals surface area contributed by atoms with Gasteiger partial charge in [-0.3, -0.25) is 10.1 Å². The van der Waals surface area contributed by atoms with Crippen LogP contribution in [0.2, 0.25) is 0 Å². The Morgan fingerprint density at radius 3 is 2.70 bits per heavy atom. The number of ether oxygens (including phenoxy) is 3. The summed E-state index contributed by atoms with van der Waals surface area (Å²) in [6.07, 6.45) is -0.538. The van der Waals surface area contributed by atoms with Gasteiger partial charge in [0.1, 0.15) is 12.4 Å². The third kappa shape index (κ3) is 3.69. The first-order valence-electron chi connectivity index (χ1n) is 8.49. The zero-order valence-electron chi connectivity index (χ0n) is 14.5. The quantitative estimate of drug-likeness (QED) is 0.739. The Labute approximate surface area is 155 Å². The second-order valence-electron chi connectivity index (χ2n) is 5.72. The van der Waals surface area contributed by atoms with E-state index in [-0.39, 0.29) is 24.4 Å². The molecule has 0 fully saturated rings. The van der Waals surface area contributed by atoms with Crippen LogP contribution in [0.15, 0.2) is 52.9 Å². The van der Waals surface area contributed by atoms with E-state index in [0.717, 1.165) is 0 Å². The van der Waals surface area contributed by atoms with Crippen molar-refractivity contribution in [3.63, 3.8) is 0 Å². The van der Waals surface area contributed by atoms with Gasteiger partial charge in [-0.15, -0.1) is 5.10 Å². The topological polar surface area (TPSA) is 95.7 Å². The molecule has 0 spiro atoms. The number of carbonyl (C=O) groups is 1. The molecule has 0 radical (unpaired) electrons. The van der Waals surface area contributed by atoms with Crippen molar-refractivity contribution < 1.29 is 23.4 Å². The zero-order valence-corrected chi connectivity index (χ0v) is 14.5. The highest BCUT2D eigenvalue weighted by Crippen LogP contribution is 2.35. The van der Waals surface area contributed by atoms with Gasteiger partial charge in [-0.1, -0.05) is 17.2 Å². The van der Waals surface area contributed by atoms with Crippen molar-refractivity contribution in [2.45, 2.75) is 13.0 Å². The summed E-state index contributed by atoms with van der Waals surface area (Å²) >= 11 is 0. The maximum atomic E-state index is 12.3. The van der Waals surface area contributed by atoms with Gasteiger partial charge in [0.2, 0.25) is 6.10 Å². The Bertz CT molecular complexity index is 939. The van der Waals surface area contributed by atoms with Gasteiger partial charge >= 0.3 is 6.01 Å². The van der Waals surface area contributed by atoms with E-state index in [2.05, 4.69) is 15.5 Å². The average molecular weight is 367 g/mol. The molecule has 1 unspecified atom stereocenters. The van der Waals surface area contributed by atoms with Crippen LogP contribution in [0.1, 0.15) is 29.3 Å². The van der Waals surface area contributed by atoms with Gasteiger partial charge in [0, 0.05) is 5.56 Å². The van der Waals surface area contributed by atoms with Gasteiger partial charge in [0.25, 0.3) is 11.8 Å². The lowest BCUT2D eigenvalue weighted by Crippen LogP contribution is -2.21. The Morgan fingerprint density at radius 2 is 1.93 bits per heavy atom. The van der Waals surface area contributed by atoms with Crippen LogP contribution in [0.3, 0.4) is 0 Å². The van der Waals surface area contributed by atoms with Crippen LogP contribution in [-0.4, -0.2) is 29.3 Å². The maximum absolute atomic E-state index is 12.3. The maximum Gasteiger partial charge on any atom is 0.322 e. The minimum Gasteiger partial charge on any atom is -0.494 e. The van der Waals surface area contributed by atoms with Crippen molar-refractivity contribution in [3.8, 4) is 17.2 Å². The number of benzene rings is 2. The van der Waals surface area contributed by atoms with Crippen LogP contribution in [0.5, 0.6) is 17.2 Å². The summed E-state index contributed by atoms with van der Waals surface area (Å²) < 4.78 is 22.3. The average Bonchev–Trinajstić information content (AvgIpc) is 3.17. The zero-order chi connectivity index (χ0) is 18.6. The van der Waals surface area contributed by atoms with E-state index in [1.54, 1.807) is 30.3 Å². The number of hydrogen-bond acceptors (Lipinski definition) is 7. The van der Waals surface area contributed by atoms with Crippen LogP contribution >= 0.6 is 0 Å². The summed E-state index contributed by atoms with van der Waals surface area (Å²) in [7, 11) is 0. The molecule has 8 nitrogen and oxygen atoms in total. The molecule has 8 heteroatoms. The summed E-state index contributed by atoms with van der Waals surface area (Å²) in [6, 6.07) is 14.1. The summed E-state index contributed by atoms with van der Waals surface area (Å²) in [6.45, 7) is 2.70. The highest BCUT2D eigenvalue weighted by Gasteiger charge is 2.27. The van der Waals surface area contributed by atoms with Crippen LogP contribution in [-0.2, 0) is 0 Å². The van der Waals surface area contributed by atoms with E-state index in [1.807, 2.05) is 25.1 Å². The number of carbonyl (C=O) groups excluding carboxylic acids is 1. The lowest BCUT2D eigenvalue weighted by atomic mass is 10.2. The van der Waals surface area contributed by atoms with E-state index in [0.29, 0.717) is 29.4 Å². The number of aromatic nitrogens is 2. The van der Waals surface area contributed by atoms with Crippen molar-refractivity contribution >= 4 is 11.9 Å². The minimum absolute atomic E-state index is 0.00802. The second kappa shape index (κ2) is 7.36. The first kappa shape index (κ1) is 16.9. The van der Waals surface area contributed by atoms with Crippen molar-refractivity contribution in [3.05, 3.63) is 60.0 Å². The molecular formula is C19H17N3O5. The Morgan fingerprint density at radius 1 is 1.15 bits per heavy atom. The van der Waals surface area contributed by atoms with Crippen LogP contribution in [0, 0.1) is 0 Å². The first-order chi connectivity index (χ1) is 13.2. The van der Waals surface area contributed by atoms with Gasteiger partial charge in [0.15, 0.2) is 11.5 Å². The summed E-state index contributed by atoms with van der Waals surface area (Å²) in [5, 5.41) is 10.4. The van der Waals surface area contributed by atoms with Gasteiger partial charge in [0.05, 0.1) is 6.61 Å². The van der Waals surface area contributed by atoms with Crippen LogP contribution in [0.4, 0.5) is 6.01 Å². The largest absolute Gasteiger partial charge is 0.494 e. The molecule has 2 heterocycles. The molecule has 138 valence electrons. The fraction of sp³-hybridized carbons (Fsp3) is 0.211. The van der Waals surface area contributed by atoms with Crippen molar-refractivity contribution in [2.75, 3.05) is 18.5 Å². The molecule has 0 aliphatic carbocycles. The molecule has 0 saturated carbocycles. The van der Waals surface area contributed by atoms with Crippen molar-refractivity contribution in [1.29, 1.82) is 0 Å². The van der Waals surface area contributed by atoms with E-state index < -0.39 is 6.10 Å². The predicted molar refractivity (Wildman–Crippen MR) is 95.2 cm³/mol. The minimum atomic E-state index is -0.538. The predicted octanol–water partition coefficient (Wildman–Crippen LogP) is 3.23. The molecule has 27 heavy (non-hydrogen) atoms. The number of para-hydroxylation sites is 2. The molecule has 1 aromatic heterocycles. The number of fused-ring (bicyclic) bond motifs is 1. The smallest absolute Gasteiger partial charge is 0.322 e. The fourth-order valence-corrected chi connectivity index (χ4v) is 2.59. The van der Waals surface area contributed by atoms with Crippen LogP contribution in [0.25, 0.3) is 0 Å². The molecule has 1 aliphatic rings. The summed E-state index contributed by atoms with van der Waals surface area (Å²) in [4.78, 5) is 12.3. The monoisotopic (exact) mass is 367 g/mol. The molecule has 4 rings (SSSR count). The lowest BCUT2D eigenvalue weighted by Gasteiger charge is -2.23. The molecule has 1 atom stereocenters. The Hall–Kier alpha value is -3.55. The molecule has 1 N–H and O–H groups in total. The van der Waals surface area contributed by atoms with Gasteiger partial charge in [-0.2, -0.15) is 0 Å². The van der Waals surface area contributed by atoms with E-state index >= 15 is 0 Å². The molecule has 0 saturated heterocycles. The highest BCUT2D eigenvalue weighted by molar-refractivity contribution is 6.03. The van der Waals surface area contributed by atoms with Gasteiger partial charge in [-0.25, -0.2) is 0 Å². The lowest BCUT2D eigenvalue weighted by molar-refractivity contribution is 0.0716. The summed E-state index contributed by atoms with van der Waals surface area (Å²) in [5.74, 6) is 1.83. The van der Waals surface area contributed by atoms with Gasteiger partial charge in [-0.05, 0) is 43.3 Å². The number of anilines is 1. The molecular weight excluding hydrogens is 350 g/mol.